The molecule has 0 saturated heterocycles. The molecule has 1 heterocycles. The highest BCUT2D eigenvalue weighted by Gasteiger charge is 2.17. The molecule has 2 N–H and O–H groups in total. The SMILES string of the molecule is O=C(Nc1ccc(Br)c(Cl)c1)c1cccc2c1CCNC2. The molecule has 0 saturated carbocycles. The second-order valence-electron chi connectivity index (χ2n) is 4.95. The molecule has 0 spiro atoms. The van der Waals surface area contributed by atoms with Crippen LogP contribution in [0, 0.1) is 0 Å². The lowest BCUT2D eigenvalue weighted by molar-refractivity contribution is 0.102. The van der Waals surface area contributed by atoms with Crippen molar-refractivity contribution >= 4 is 39.1 Å². The molecule has 2 aromatic carbocycles. The molecule has 0 fully saturated rings. The summed E-state index contributed by atoms with van der Waals surface area (Å²) in [6.45, 7) is 1.72. The summed E-state index contributed by atoms with van der Waals surface area (Å²) in [6, 6.07) is 11.2. The molecule has 2 aromatic rings. The smallest absolute Gasteiger partial charge is 0.255 e. The molecule has 0 unspecified atom stereocenters. The maximum atomic E-state index is 12.5. The van der Waals surface area contributed by atoms with E-state index in [4.69, 9.17) is 11.6 Å². The van der Waals surface area contributed by atoms with Gasteiger partial charge in [-0.25, -0.2) is 0 Å². The van der Waals surface area contributed by atoms with Crippen LogP contribution in [0.1, 0.15) is 21.5 Å². The molecule has 108 valence electrons. The number of benzene rings is 2. The van der Waals surface area contributed by atoms with Gasteiger partial charge in [0, 0.05) is 22.3 Å². The fraction of sp³-hybridized carbons (Fsp3) is 0.188. The van der Waals surface area contributed by atoms with Crippen molar-refractivity contribution in [1.82, 2.24) is 5.32 Å². The average Bonchev–Trinajstić information content (AvgIpc) is 2.50. The fourth-order valence-electron chi connectivity index (χ4n) is 2.52. The molecule has 5 heteroatoms. The molecule has 3 nitrogen and oxygen atoms in total. The highest BCUT2D eigenvalue weighted by atomic mass is 79.9. The molecule has 3 rings (SSSR count). The van der Waals surface area contributed by atoms with Crippen molar-refractivity contribution in [3.05, 3.63) is 62.6 Å². The van der Waals surface area contributed by atoms with Crippen LogP contribution >= 0.6 is 27.5 Å². The Kier molecular flexibility index (Phi) is 4.29. The van der Waals surface area contributed by atoms with E-state index in [1.807, 2.05) is 24.3 Å². The van der Waals surface area contributed by atoms with E-state index in [0.29, 0.717) is 10.7 Å². The minimum absolute atomic E-state index is 0.0906. The van der Waals surface area contributed by atoms with Crippen LogP contribution in [0.3, 0.4) is 0 Å². The van der Waals surface area contributed by atoms with E-state index in [2.05, 4.69) is 32.6 Å². The van der Waals surface area contributed by atoms with Crippen molar-refractivity contribution in [3.8, 4) is 0 Å². The molecule has 21 heavy (non-hydrogen) atoms. The summed E-state index contributed by atoms with van der Waals surface area (Å²) in [7, 11) is 0. The lowest BCUT2D eigenvalue weighted by Crippen LogP contribution is -2.26. The summed E-state index contributed by atoms with van der Waals surface area (Å²) in [5, 5.41) is 6.80. The summed E-state index contributed by atoms with van der Waals surface area (Å²) in [5.74, 6) is -0.0906. The van der Waals surface area contributed by atoms with E-state index in [1.54, 1.807) is 6.07 Å². The Morgan fingerprint density at radius 1 is 1.29 bits per heavy atom. The zero-order valence-corrected chi connectivity index (χ0v) is 13.6. The van der Waals surface area contributed by atoms with Gasteiger partial charge in [-0.15, -0.1) is 0 Å². The van der Waals surface area contributed by atoms with Crippen molar-refractivity contribution in [3.63, 3.8) is 0 Å². The van der Waals surface area contributed by atoms with Gasteiger partial charge in [0.25, 0.3) is 5.91 Å². The van der Waals surface area contributed by atoms with Crippen LogP contribution in [-0.4, -0.2) is 12.5 Å². The number of halogens is 2. The summed E-state index contributed by atoms with van der Waals surface area (Å²) >= 11 is 9.39. The van der Waals surface area contributed by atoms with Gasteiger partial charge in [-0.1, -0.05) is 23.7 Å². The molecular weight excluding hydrogens is 352 g/mol. The van der Waals surface area contributed by atoms with Gasteiger partial charge in [0.2, 0.25) is 0 Å². The molecule has 1 aliphatic heterocycles. The van der Waals surface area contributed by atoms with Crippen molar-refractivity contribution in [2.24, 2.45) is 0 Å². The van der Waals surface area contributed by atoms with E-state index < -0.39 is 0 Å². The quantitative estimate of drug-likeness (QED) is 0.844. The van der Waals surface area contributed by atoms with Gasteiger partial charge in [0.05, 0.1) is 5.02 Å². The van der Waals surface area contributed by atoms with E-state index in [1.165, 1.54) is 5.56 Å². The van der Waals surface area contributed by atoms with Crippen LogP contribution in [0.25, 0.3) is 0 Å². The molecule has 1 amide bonds. The topological polar surface area (TPSA) is 41.1 Å². The van der Waals surface area contributed by atoms with Crippen LogP contribution < -0.4 is 10.6 Å². The van der Waals surface area contributed by atoms with Gasteiger partial charge in [-0.05, 0) is 64.3 Å². The van der Waals surface area contributed by atoms with Gasteiger partial charge < -0.3 is 10.6 Å². The first-order chi connectivity index (χ1) is 10.1. The Balaban J connectivity index is 1.87. The van der Waals surface area contributed by atoms with Crippen molar-refractivity contribution in [2.75, 3.05) is 11.9 Å². The monoisotopic (exact) mass is 364 g/mol. The minimum atomic E-state index is -0.0906. The Morgan fingerprint density at radius 2 is 2.14 bits per heavy atom. The number of hydrogen-bond acceptors (Lipinski definition) is 2. The second-order valence-corrected chi connectivity index (χ2v) is 6.21. The molecule has 0 aromatic heterocycles. The predicted octanol–water partition coefficient (Wildman–Crippen LogP) is 4.00. The lowest BCUT2D eigenvalue weighted by Gasteiger charge is -2.20. The Labute approximate surface area is 136 Å². The standard InChI is InChI=1S/C16H14BrClN2O/c17-14-5-4-11(8-15(14)18)20-16(21)13-3-1-2-10-9-19-7-6-12(10)13/h1-5,8,19H,6-7,9H2,(H,20,21). The number of nitrogens with one attached hydrogen (secondary N) is 2. The molecule has 1 aliphatic rings. The minimum Gasteiger partial charge on any atom is -0.322 e. The van der Waals surface area contributed by atoms with E-state index >= 15 is 0 Å². The van der Waals surface area contributed by atoms with Crippen LogP contribution in [-0.2, 0) is 13.0 Å². The summed E-state index contributed by atoms with van der Waals surface area (Å²) in [6.07, 6.45) is 0.875. The second kappa shape index (κ2) is 6.18. The molecule has 0 bridgehead atoms. The zero-order valence-electron chi connectivity index (χ0n) is 11.2. The third kappa shape index (κ3) is 3.12. The number of carbonyl (C=O) groups excluding carboxylic acids is 1. The summed E-state index contributed by atoms with van der Waals surface area (Å²) in [4.78, 5) is 12.5. The van der Waals surface area contributed by atoms with Gasteiger partial charge in [0.15, 0.2) is 0 Å². The average molecular weight is 366 g/mol. The Hall–Kier alpha value is -1.36. The predicted molar refractivity (Wildman–Crippen MR) is 89.0 cm³/mol. The van der Waals surface area contributed by atoms with Crippen LogP contribution in [0.5, 0.6) is 0 Å². The highest BCUT2D eigenvalue weighted by Crippen LogP contribution is 2.26. The largest absolute Gasteiger partial charge is 0.322 e. The number of carbonyl (C=O) groups is 1. The van der Waals surface area contributed by atoms with E-state index in [0.717, 1.165) is 35.1 Å². The Bertz CT molecular complexity index is 703. The maximum Gasteiger partial charge on any atom is 0.255 e. The fourth-order valence-corrected chi connectivity index (χ4v) is 2.94. The number of fused-ring (bicyclic) bond motifs is 1. The lowest BCUT2D eigenvalue weighted by atomic mass is 9.95. The van der Waals surface area contributed by atoms with E-state index in [9.17, 15) is 4.79 Å². The van der Waals surface area contributed by atoms with Crippen molar-refractivity contribution in [1.29, 1.82) is 0 Å². The van der Waals surface area contributed by atoms with Crippen LogP contribution in [0.2, 0.25) is 5.02 Å². The molecule has 0 aliphatic carbocycles. The molecular formula is C16H14BrClN2O. The van der Waals surface area contributed by atoms with Gasteiger partial charge in [-0.3, -0.25) is 4.79 Å². The first-order valence-electron chi connectivity index (χ1n) is 6.73. The summed E-state index contributed by atoms with van der Waals surface area (Å²) in [5.41, 5.74) is 3.77. The number of rotatable bonds is 2. The van der Waals surface area contributed by atoms with Crippen molar-refractivity contribution < 1.29 is 4.79 Å². The van der Waals surface area contributed by atoms with E-state index in [-0.39, 0.29) is 5.91 Å². The third-order valence-corrected chi connectivity index (χ3v) is 4.79. The number of anilines is 1. The molecule has 0 radical (unpaired) electrons. The normalized spacial score (nSPS) is 13.6. The zero-order chi connectivity index (χ0) is 14.8. The first kappa shape index (κ1) is 14.6. The van der Waals surface area contributed by atoms with Gasteiger partial charge >= 0.3 is 0 Å². The highest BCUT2D eigenvalue weighted by molar-refractivity contribution is 9.10. The third-order valence-electron chi connectivity index (χ3n) is 3.56. The summed E-state index contributed by atoms with van der Waals surface area (Å²) < 4.78 is 0.810. The Morgan fingerprint density at radius 3 is 2.95 bits per heavy atom. The van der Waals surface area contributed by atoms with Crippen molar-refractivity contribution in [2.45, 2.75) is 13.0 Å². The first-order valence-corrected chi connectivity index (χ1v) is 7.90. The van der Waals surface area contributed by atoms with Crippen LogP contribution in [0.15, 0.2) is 40.9 Å². The number of hydrogen-bond donors (Lipinski definition) is 2. The van der Waals surface area contributed by atoms with Crippen LogP contribution in [0.4, 0.5) is 5.69 Å². The molecule has 0 atom stereocenters. The number of amides is 1. The maximum absolute atomic E-state index is 12.5. The van der Waals surface area contributed by atoms with Gasteiger partial charge in [-0.2, -0.15) is 0 Å². The van der Waals surface area contributed by atoms with Gasteiger partial charge in [0.1, 0.15) is 0 Å².